The van der Waals surface area contributed by atoms with E-state index in [0.29, 0.717) is 11.3 Å². The number of nitrogens with zero attached hydrogens (tertiary/aromatic N) is 1. The molecule has 0 aliphatic carbocycles. The number of ether oxygens (including phenoxy) is 2. The summed E-state index contributed by atoms with van der Waals surface area (Å²) < 4.78 is 10.4. The van der Waals surface area contributed by atoms with E-state index in [2.05, 4.69) is 24.0 Å². The quantitative estimate of drug-likeness (QED) is 0.328. The fraction of sp³-hybridized carbons (Fsp3) is 0.185. The second-order valence-electron chi connectivity index (χ2n) is 7.34. The van der Waals surface area contributed by atoms with Crippen LogP contribution in [0.4, 0.5) is 5.69 Å². The van der Waals surface area contributed by atoms with E-state index in [0.717, 1.165) is 24.3 Å². The highest BCUT2D eigenvalue weighted by atomic mass is 16.5. The molecule has 0 aliphatic heterocycles. The molecule has 0 fully saturated rings. The molecular weight excluding hydrogens is 418 g/mol. The van der Waals surface area contributed by atoms with E-state index in [4.69, 9.17) is 14.6 Å². The number of aliphatic carboxylic acids is 1. The van der Waals surface area contributed by atoms with E-state index >= 15 is 0 Å². The van der Waals surface area contributed by atoms with Crippen molar-refractivity contribution in [2.45, 2.75) is 13.5 Å². The Bertz CT molecular complexity index is 1110. The summed E-state index contributed by atoms with van der Waals surface area (Å²) in [6.45, 7) is 3.36. The standard InChI is InChI=1S/C27H27NO5/c1-3-28(18-21-7-5-4-6-8-21)23-13-9-20(10-14-23)11-15-24(29)22-12-16-25(26(17-22)32-2)33-19-27(30)31/h4-17H,3,18-19H2,1-2H3,(H,30,31)/b15-11+. The Kier molecular flexibility index (Phi) is 8.24. The SMILES string of the molecule is CCN(Cc1ccccc1)c1ccc(/C=C/C(=O)c2ccc(OCC(=O)O)c(OC)c2)cc1. The van der Waals surface area contributed by atoms with Crippen LogP contribution < -0.4 is 14.4 Å². The van der Waals surface area contributed by atoms with Gasteiger partial charge >= 0.3 is 5.97 Å². The summed E-state index contributed by atoms with van der Waals surface area (Å²) in [7, 11) is 1.44. The molecule has 3 aromatic carbocycles. The third-order valence-electron chi connectivity index (χ3n) is 5.08. The zero-order valence-electron chi connectivity index (χ0n) is 18.7. The van der Waals surface area contributed by atoms with Gasteiger partial charge in [-0.15, -0.1) is 0 Å². The van der Waals surface area contributed by atoms with Gasteiger partial charge in [0.25, 0.3) is 0 Å². The van der Waals surface area contributed by atoms with Crippen molar-refractivity contribution in [2.75, 3.05) is 25.2 Å². The van der Waals surface area contributed by atoms with E-state index in [1.165, 1.54) is 30.9 Å². The van der Waals surface area contributed by atoms with Gasteiger partial charge in [0.05, 0.1) is 7.11 Å². The van der Waals surface area contributed by atoms with Crippen LogP contribution in [-0.2, 0) is 11.3 Å². The lowest BCUT2D eigenvalue weighted by Crippen LogP contribution is -2.21. The molecule has 1 N–H and O–H groups in total. The maximum atomic E-state index is 12.6. The minimum atomic E-state index is -1.09. The predicted molar refractivity (Wildman–Crippen MR) is 129 cm³/mol. The van der Waals surface area contributed by atoms with Gasteiger partial charge in [0.2, 0.25) is 0 Å². The van der Waals surface area contributed by atoms with Crippen LogP contribution in [0.25, 0.3) is 6.08 Å². The number of carbonyl (C=O) groups is 2. The van der Waals surface area contributed by atoms with E-state index < -0.39 is 12.6 Å². The van der Waals surface area contributed by atoms with Crippen molar-refractivity contribution in [3.63, 3.8) is 0 Å². The first-order valence-corrected chi connectivity index (χ1v) is 10.6. The van der Waals surface area contributed by atoms with Gasteiger partial charge in [-0.3, -0.25) is 4.79 Å². The molecule has 0 heterocycles. The lowest BCUT2D eigenvalue weighted by molar-refractivity contribution is -0.139. The summed E-state index contributed by atoms with van der Waals surface area (Å²) in [6, 6.07) is 23.0. The molecule has 0 saturated carbocycles. The Balaban J connectivity index is 1.66. The molecule has 0 aliphatic rings. The van der Waals surface area contributed by atoms with Gasteiger partial charge in [0.1, 0.15) is 0 Å². The number of rotatable bonds is 11. The van der Waals surface area contributed by atoms with Gasteiger partial charge in [-0.05, 0) is 54.5 Å². The van der Waals surface area contributed by atoms with Crippen LogP contribution in [-0.4, -0.2) is 37.1 Å². The molecule has 6 nitrogen and oxygen atoms in total. The molecule has 3 aromatic rings. The zero-order chi connectivity index (χ0) is 23.6. The number of methoxy groups -OCH3 is 1. The van der Waals surface area contributed by atoms with Crippen molar-refractivity contribution in [1.82, 2.24) is 0 Å². The summed E-state index contributed by atoms with van der Waals surface area (Å²) >= 11 is 0. The highest BCUT2D eigenvalue weighted by Crippen LogP contribution is 2.28. The van der Waals surface area contributed by atoms with Crippen LogP contribution in [0.5, 0.6) is 11.5 Å². The number of ketones is 1. The first-order chi connectivity index (χ1) is 16.0. The smallest absolute Gasteiger partial charge is 0.341 e. The zero-order valence-corrected chi connectivity index (χ0v) is 18.7. The molecule has 0 amide bonds. The third kappa shape index (κ3) is 6.71. The van der Waals surface area contributed by atoms with Crippen molar-refractivity contribution in [2.24, 2.45) is 0 Å². The first-order valence-electron chi connectivity index (χ1n) is 10.6. The molecule has 170 valence electrons. The fourth-order valence-corrected chi connectivity index (χ4v) is 3.33. The van der Waals surface area contributed by atoms with Crippen molar-refractivity contribution in [1.29, 1.82) is 0 Å². The summed E-state index contributed by atoms with van der Waals surface area (Å²) in [5, 5.41) is 8.76. The highest BCUT2D eigenvalue weighted by Gasteiger charge is 2.11. The van der Waals surface area contributed by atoms with E-state index in [-0.39, 0.29) is 11.5 Å². The maximum Gasteiger partial charge on any atom is 0.341 e. The Morgan fingerprint density at radius 1 is 0.970 bits per heavy atom. The Labute approximate surface area is 193 Å². The average molecular weight is 446 g/mol. The number of hydrogen-bond acceptors (Lipinski definition) is 5. The van der Waals surface area contributed by atoms with Crippen molar-refractivity contribution in [3.8, 4) is 11.5 Å². The van der Waals surface area contributed by atoms with Crippen molar-refractivity contribution >= 4 is 23.5 Å². The van der Waals surface area contributed by atoms with Crippen LogP contribution >= 0.6 is 0 Å². The number of hydrogen-bond donors (Lipinski definition) is 1. The average Bonchev–Trinajstić information content (AvgIpc) is 2.85. The van der Waals surface area contributed by atoms with Gasteiger partial charge in [-0.1, -0.05) is 48.5 Å². The van der Waals surface area contributed by atoms with Crippen LogP contribution in [0.3, 0.4) is 0 Å². The molecule has 33 heavy (non-hydrogen) atoms. The molecule has 3 rings (SSSR count). The Morgan fingerprint density at radius 2 is 1.70 bits per heavy atom. The van der Waals surface area contributed by atoms with E-state index in [1.807, 2.05) is 42.5 Å². The van der Waals surface area contributed by atoms with Crippen molar-refractivity contribution < 1.29 is 24.2 Å². The third-order valence-corrected chi connectivity index (χ3v) is 5.08. The lowest BCUT2D eigenvalue weighted by atomic mass is 10.1. The molecule has 0 radical (unpaired) electrons. The highest BCUT2D eigenvalue weighted by molar-refractivity contribution is 6.07. The van der Waals surface area contributed by atoms with Gasteiger partial charge in [-0.2, -0.15) is 0 Å². The molecule has 0 unspecified atom stereocenters. The van der Waals surface area contributed by atoms with Gasteiger partial charge in [0.15, 0.2) is 23.9 Å². The summed E-state index contributed by atoms with van der Waals surface area (Å²) in [4.78, 5) is 25.6. The molecule has 6 heteroatoms. The Morgan fingerprint density at radius 3 is 2.33 bits per heavy atom. The van der Waals surface area contributed by atoms with E-state index in [1.54, 1.807) is 12.1 Å². The number of anilines is 1. The number of carboxylic acids is 1. The molecule has 0 atom stereocenters. The van der Waals surface area contributed by atoms with Gasteiger partial charge in [-0.25, -0.2) is 4.79 Å². The molecular formula is C27H27NO5. The normalized spacial score (nSPS) is 10.7. The topological polar surface area (TPSA) is 76.1 Å². The van der Waals surface area contributed by atoms with Crippen LogP contribution in [0.1, 0.15) is 28.4 Å². The largest absolute Gasteiger partial charge is 0.493 e. The number of benzene rings is 3. The fourth-order valence-electron chi connectivity index (χ4n) is 3.33. The summed E-state index contributed by atoms with van der Waals surface area (Å²) in [6.07, 6.45) is 3.27. The maximum absolute atomic E-state index is 12.6. The number of carbonyl (C=O) groups excluding carboxylic acids is 1. The minimum absolute atomic E-state index is 0.193. The molecule has 0 aromatic heterocycles. The lowest BCUT2D eigenvalue weighted by Gasteiger charge is -2.23. The molecule has 0 bridgehead atoms. The Hall–Kier alpha value is -4.06. The van der Waals surface area contributed by atoms with Crippen LogP contribution in [0.2, 0.25) is 0 Å². The minimum Gasteiger partial charge on any atom is -0.493 e. The van der Waals surface area contributed by atoms with Crippen LogP contribution in [0.15, 0.2) is 78.9 Å². The second kappa shape index (κ2) is 11.5. The number of allylic oxidation sites excluding steroid dienone is 1. The molecule has 0 spiro atoms. The molecule has 0 saturated heterocycles. The predicted octanol–water partition coefficient (Wildman–Crippen LogP) is 5.08. The van der Waals surface area contributed by atoms with Crippen molar-refractivity contribution in [3.05, 3.63) is 95.6 Å². The monoisotopic (exact) mass is 445 g/mol. The van der Waals surface area contributed by atoms with Gasteiger partial charge < -0.3 is 19.5 Å². The van der Waals surface area contributed by atoms with Gasteiger partial charge in [0, 0.05) is 24.3 Å². The summed E-state index contributed by atoms with van der Waals surface area (Å²) in [5.74, 6) is -0.709. The number of carboxylic acid groups (broad SMARTS) is 1. The first kappa shape index (κ1) is 23.6. The van der Waals surface area contributed by atoms with E-state index in [9.17, 15) is 9.59 Å². The van der Waals surface area contributed by atoms with Crippen LogP contribution in [0, 0.1) is 0 Å². The summed E-state index contributed by atoms with van der Waals surface area (Å²) in [5.41, 5.74) is 3.70. The second-order valence-corrected chi connectivity index (χ2v) is 7.34.